The molecule has 0 saturated carbocycles. The number of fused-ring (bicyclic) bond motifs is 8. The Labute approximate surface area is 311 Å². The summed E-state index contributed by atoms with van der Waals surface area (Å²) in [7, 11) is 0. The molecule has 5 aromatic rings. The van der Waals surface area contributed by atoms with Crippen molar-refractivity contribution < 1.29 is 0 Å². The van der Waals surface area contributed by atoms with E-state index in [1.165, 1.54) is 47.9 Å². The molecule has 0 radical (unpaired) electrons. The molecular weight excluding hydrogens is 631 g/mol. The molecule has 5 aromatic carbocycles. The average Bonchev–Trinajstić information content (AvgIpc) is 3.19. The van der Waals surface area contributed by atoms with Crippen LogP contribution >= 0.6 is 0 Å². The molecule has 3 heteroatoms. The van der Waals surface area contributed by atoms with Crippen LogP contribution in [0.25, 0.3) is 10.4 Å². The van der Waals surface area contributed by atoms with E-state index in [9.17, 15) is 5.26 Å². The van der Waals surface area contributed by atoms with Gasteiger partial charge in [0.1, 0.15) is 0 Å². The molecule has 0 N–H and O–H groups in total. The topological polar surface area (TPSA) is 31.4 Å². The number of aryl methyl sites for hydroxylation is 2. The Morgan fingerprint density at radius 1 is 0.673 bits per heavy atom. The zero-order chi connectivity index (χ0) is 36.2. The van der Waals surface area contributed by atoms with E-state index in [0.29, 0.717) is 11.8 Å². The van der Waals surface area contributed by atoms with Crippen molar-refractivity contribution in [1.29, 1.82) is 5.26 Å². The highest BCUT2D eigenvalue weighted by Gasteiger charge is 2.51. The first-order valence-electron chi connectivity index (χ1n) is 19.3. The van der Waals surface area contributed by atoms with Gasteiger partial charge in [0, 0.05) is 11.3 Å². The van der Waals surface area contributed by atoms with Crippen molar-refractivity contribution in [2.75, 3.05) is 4.90 Å². The van der Waals surface area contributed by atoms with E-state index in [1.54, 1.807) is 0 Å². The van der Waals surface area contributed by atoms with Crippen LogP contribution in [0.15, 0.2) is 121 Å². The molecule has 52 heavy (non-hydrogen) atoms. The number of hydrogen-bond donors (Lipinski definition) is 0. The minimum Gasteiger partial charge on any atom is -0.310 e. The zero-order valence-corrected chi connectivity index (χ0v) is 31.1. The van der Waals surface area contributed by atoms with E-state index >= 15 is 0 Å². The molecule has 1 heterocycles. The van der Waals surface area contributed by atoms with Gasteiger partial charge in [-0.05, 0) is 106 Å². The van der Waals surface area contributed by atoms with Crippen molar-refractivity contribution in [1.82, 2.24) is 0 Å². The molecular formula is C49H49N3. The molecule has 3 nitrogen and oxygen atoms in total. The molecule has 2 atom stereocenters. The van der Waals surface area contributed by atoms with Gasteiger partial charge in [0.25, 0.3) is 5.70 Å². The average molecular weight is 680 g/mol. The maximum absolute atomic E-state index is 10.3. The molecule has 0 fully saturated rings. The molecule has 0 aromatic heterocycles. The first-order chi connectivity index (χ1) is 25.5. The van der Waals surface area contributed by atoms with Gasteiger partial charge in [-0.25, -0.2) is 10.1 Å². The fraction of sp³-hybridized carbons (Fsp3) is 0.306. The van der Waals surface area contributed by atoms with Crippen LogP contribution in [0.1, 0.15) is 111 Å². The Bertz CT molecular complexity index is 2060. The number of nitriles is 1. The first-order valence-corrected chi connectivity index (χ1v) is 19.3. The molecule has 1 aliphatic heterocycles. The minimum absolute atomic E-state index is 0.134. The second-order valence-electron chi connectivity index (χ2n) is 15.0. The molecule has 0 amide bonds. The normalized spacial score (nSPS) is 16.5. The van der Waals surface area contributed by atoms with Crippen LogP contribution in [0.4, 0.5) is 17.1 Å². The van der Waals surface area contributed by atoms with Crippen molar-refractivity contribution in [3.8, 4) is 6.07 Å². The quantitative estimate of drug-likeness (QED) is 0.101. The maximum atomic E-state index is 10.3. The minimum atomic E-state index is -0.672. The SMILES string of the molecule is [C-]#[N+]C(C#N)=C1c2ccccc2C2(c3ccccc31)c1cc(CCCC(C)CC)ccc1N(c1ccccc1)c1ccc(CCCC(C)CC)cc12. The Kier molecular flexibility index (Phi) is 10.2. The van der Waals surface area contributed by atoms with E-state index in [1.807, 2.05) is 0 Å². The summed E-state index contributed by atoms with van der Waals surface area (Å²) in [6, 6.07) is 44.5. The fourth-order valence-corrected chi connectivity index (χ4v) is 8.63. The first kappa shape index (κ1) is 35.0. The van der Waals surface area contributed by atoms with Gasteiger partial charge >= 0.3 is 0 Å². The lowest BCUT2D eigenvalue weighted by molar-refractivity contribution is 0.495. The number of para-hydroxylation sites is 1. The standard InChI is InChI=1S/C49H49N3/c1-6-34(3)17-15-19-36-27-29-46-43(31-36)49(41-25-13-11-23-39(41)48(45(33-50)51-5)40-24-12-14-26-42(40)49)44-32-37(20-16-18-35(4)7-2)28-30-47(44)52(46)38-21-9-8-10-22-38/h8-14,21-32,34-35H,6-7,15-20H2,1-4H3. The summed E-state index contributed by atoms with van der Waals surface area (Å²) >= 11 is 0. The Morgan fingerprint density at radius 3 is 1.62 bits per heavy atom. The van der Waals surface area contributed by atoms with Crippen LogP contribution in [0.2, 0.25) is 0 Å². The lowest BCUT2D eigenvalue weighted by Gasteiger charge is -2.50. The number of hydrogen-bond acceptors (Lipinski definition) is 2. The lowest BCUT2D eigenvalue weighted by atomic mass is 9.56. The van der Waals surface area contributed by atoms with Gasteiger partial charge in [0.05, 0.1) is 29.4 Å². The van der Waals surface area contributed by atoms with Crippen LogP contribution < -0.4 is 4.90 Å². The van der Waals surface area contributed by atoms with E-state index in [-0.39, 0.29) is 5.70 Å². The predicted molar refractivity (Wildman–Crippen MR) is 216 cm³/mol. The third-order valence-electron chi connectivity index (χ3n) is 11.8. The molecule has 2 aliphatic rings. The van der Waals surface area contributed by atoms with E-state index in [0.717, 1.165) is 70.6 Å². The Morgan fingerprint density at radius 2 is 1.15 bits per heavy atom. The summed E-state index contributed by atoms with van der Waals surface area (Å²) < 4.78 is 0. The maximum Gasteiger partial charge on any atom is 0.270 e. The second-order valence-corrected chi connectivity index (χ2v) is 15.0. The van der Waals surface area contributed by atoms with Crippen LogP contribution in [-0.2, 0) is 18.3 Å². The summed E-state index contributed by atoms with van der Waals surface area (Å²) in [6.07, 6.45) is 9.17. The van der Waals surface area contributed by atoms with Gasteiger partial charge in [0.15, 0.2) is 0 Å². The number of rotatable bonds is 11. The van der Waals surface area contributed by atoms with Gasteiger partial charge < -0.3 is 4.90 Å². The lowest BCUT2D eigenvalue weighted by Crippen LogP contribution is -2.41. The Balaban J connectivity index is 1.57. The second kappa shape index (κ2) is 15.1. The summed E-state index contributed by atoms with van der Waals surface area (Å²) in [5.41, 5.74) is 13.0. The highest BCUT2D eigenvalue weighted by molar-refractivity contribution is 5.98. The van der Waals surface area contributed by atoms with Crippen LogP contribution in [0.5, 0.6) is 0 Å². The third kappa shape index (κ3) is 6.03. The van der Waals surface area contributed by atoms with E-state index in [4.69, 9.17) is 6.57 Å². The van der Waals surface area contributed by atoms with E-state index < -0.39 is 5.41 Å². The van der Waals surface area contributed by atoms with Gasteiger partial charge in [-0.15, -0.1) is 0 Å². The highest BCUT2D eigenvalue weighted by atomic mass is 15.2. The van der Waals surface area contributed by atoms with Crippen LogP contribution in [-0.4, -0.2) is 0 Å². The van der Waals surface area contributed by atoms with Crippen molar-refractivity contribution in [2.24, 2.45) is 11.8 Å². The summed E-state index contributed by atoms with van der Waals surface area (Å²) in [5, 5.41) is 10.3. The largest absolute Gasteiger partial charge is 0.310 e. The fourth-order valence-electron chi connectivity index (χ4n) is 8.63. The van der Waals surface area contributed by atoms with Crippen molar-refractivity contribution in [3.05, 3.63) is 177 Å². The predicted octanol–water partition coefficient (Wildman–Crippen LogP) is 13.1. The molecule has 260 valence electrons. The van der Waals surface area contributed by atoms with Crippen LogP contribution in [0, 0.1) is 29.7 Å². The van der Waals surface area contributed by atoms with Gasteiger partial charge in [-0.1, -0.05) is 144 Å². The molecule has 0 saturated heterocycles. The van der Waals surface area contributed by atoms with Gasteiger partial charge in [0.2, 0.25) is 0 Å². The third-order valence-corrected chi connectivity index (χ3v) is 11.8. The number of anilines is 3. The van der Waals surface area contributed by atoms with Gasteiger partial charge in [-0.3, -0.25) is 0 Å². The molecule has 7 rings (SSSR count). The summed E-state index contributed by atoms with van der Waals surface area (Å²) in [4.78, 5) is 6.26. The number of allylic oxidation sites excluding steroid dienone is 1. The van der Waals surface area contributed by atoms with Crippen molar-refractivity contribution in [2.45, 2.75) is 84.5 Å². The smallest absolute Gasteiger partial charge is 0.270 e. The molecule has 0 bridgehead atoms. The monoisotopic (exact) mass is 679 g/mol. The molecule has 1 aliphatic carbocycles. The van der Waals surface area contributed by atoms with Crippen molar-refractivity contribution in [3.63, 3.8) is 0 Å². The summed E-state index contributed by atoms with van der Waals surface area (Å²) in [6.45, 7) is 17.4. The van der Waals surface area contributed by atoms with Crippen LogP contribution in [0.3, 0.4) is 0 Å². The summed E-state index contributed by atoms with van der Waals surface area (Å²) in [5.74, 6) is 1.42. The zero-order valence-electron chi connectivity index (χ0n) is 31.1. The van der Waals surface area contributed by atoms with E-state index in [2.05, 4.69) is 159 Å². The molecule has 1 spiro atoms. The Hall–Kier alpha value is -5.38. The number of nitrogens with zero attached hydrogens (tertiary/aromatic N) is 3. The molecule has 2 unspecified atom stereocenters. The number of benzene rings is 5. The van der Waals surface area contributed by atoms with Crippen molar-refractivity contribution >= 4 is 22.6 Å². The van der Waals surface area contributed by atoms with Gasteiger partial charge in [-0.2, -0.15) is 0 Å². The highest BCUT2D eigenvalue weighted by Crippen LogP contribution is 2.62.